The molecule has 1 atom stereocenters. The summed E-state index contributed by atoms with van der Waals surface area (Å²) in [6.07, 6.45) is 3.85. The Bertz CT molecular complexity index is 1050. The van der Waals surface area contributed by atoms with Gasteiger partial charge in [0.05, 0.1) is 15.6 Å². The summed E-state index contributed by atoms with van der Waals surface area (Å²) in [6.45, 7) is 4.80. The second-order valence-corrected chi connectivity index (χ2v) is 9.35. The molecule has 1 saturated heterocycles. The average Bonchev–Trinajstić information content (AvgIpc) is 3.34. The van der Waals surface area contributed by atoms with Crippen molar-refractivity contribution in [3.8, 4) is 27.4 Å². The van der Waals surface area contributed by atoms with E-state index in [4.69, 9.17) is 0 Å². The number of nitrogens with one attached hydrogen (secondary N) is 1. The Morgan fingerprint density at radius 1 is 1.20 bits per heavy atom. The lowest BCUT2D eigenvalue weighted by Crippen LogP contribution is -2.34. The van der Waals surface area contributed by atoms with Crippen LogP contribution in [0.1, 0.15) is 24.3 Å². The molecule has 2 aliphatic rings. The molecular formula is C22H24FN5OS. The summed E-state index contributed by atoms with van der Waals surface area (Å²) in [5.74, 6) is 1.27. The topological polar surface area (TPSA) is 74.2 Å². The summed E-state index contributed by atoms with van der Waals surface area (Å²) < 4.78 is 13.9. The first-order valence-corrected chi connectivity index (χ1v) is 11.2. The smallest absolute Gasteiger partial charge is 0.231 e. The number of anilines is 1. The zero-order valence-corrected chi connectivity index (χ0v) is 17.6. The van der Waals surface area contributed by atoms with E-state index < -0.39 is 5.95 Å². The average molecular weight is 426 g/mol. The molecule has 2 fully saturated rings. The van der Waals surface area contributed by atoms with Gasteiger partial charge in [-0.05, 0) is 62.9 Å². The Kier molecular flexibility index (Phi) is 5.12. The molecule has 0 spiro atoms. The van der Waals surface area contributed by atoms with Crippen LogP contribution in [-0.2, 0) is 0 Å². The second kappa shape index (κ2) is 7.92. The monoisotopic (exact) mass is 425 g/mol. The molecular weight excluding hydrogens is 401 g/mol. The van der Waals surface area contributed by atoms with Gasteiger partial charge in [0.2, 0.25) is 5.95 Å². The molecule has 2 N–H and O–H groups in total. The quantitative estimate of drug-likeness (QED) is 0.622. The van der Waals surface area contributed by atoms with Gasteiger partial charge in [-0.3, -0.25) is 0 Å². The van der Waals surface area contributed by atoms with Gasteiger partial charge < -0.3 is 15.3 Å². The molecule has 0 radical (unpaired) electrons. The standard InChI is InChI=1S/C22H24FN5OS/c1-13-25-22(23)21(30-13)15-4-5-17(19(29)10-15)18-6-7-20(27-26-18)28-9-8-16(12-28)24-11-14-2-3-14/h4-7,10,14,16,24,29H,2-3,8-9,11-12H2,1H3. The predicted octanol–water partition coefficient (Wildman–Crippen LogP) is 4.00. The fourth-order valence-electron chi connectivity index (χ4n) is 3.90. The van der Waals surface area contributed by atoms with E-state index >= 15 is 0 Å². The number of aromatic nitrogens is 3. The number of nitrogens with zero attached hydrogens (tertiary/aromatic N) is 4. The second-order valence-electron chi connectivity index (χ2n) is 8.14. The highest BCUT2D eigenvalue weighted by Crippen LogP contribution is 2.36. The number of halogens is 1. The van der Waals surface area contributed by atoms with Crippen molar-refractivity contribution in [2.45, 2.75) is 32.2 Å². The molecule has 2 aromatic heterocycles. The van der Waals surface area contributed by atoms with Crippen LogP contribution in [0, 0.1) is 18.8 Å². The zero-order valence-electron chi connectivity index (χ0n) is 16.8. The van der Waals surface area contributed by atoms with Crippen molar-refractivity contribution in [3.63, 3.8) is 0 Å². The summed E-state index contributed by atoms with van der Waals surface area (Å²) in [5.41, 5.74) is 1.77. The number of rotatable bonds is 6. The van der Waals surface area contributed by atoms with Crippen LogP contribution < -0.4 is 10.2 Å². The third-order valence-electron chi connectivity index (χ3n) is 5.78. The van der Waals surface area contributed by atoms with Crippen molar-refractivity contribution in [1.82, 2.24) is 20.5 Å². The first-order valence-electron chi connectivity index (χ1n) is 10.4. The number of phenols is 1. The molecule has 3 aromatic rings. The summed E-state index contributed by atoms with van der Waals surface area (Å²) in [5, 5.41) is 23.5. The third kappa shape index (κ3) is 4.02. The van der Waals surface area contributed by atoms with E-state index in [-0.39, 0.29) is 5.75 Å². The minimum atomic E-state index is -0.510. The van der Waals surface area contributed by atoms with Gasteiger partial charge in [-0.15, -0.1) is 21.5 Å². The summed E-state index contributed by atoms with van der Waals surface area (Å²) >= 11 is 1.27. The van der Waals surface area contributed by atoms with Crippen LogP contribution in [0.5, 0.6) is 5.75 Å². The van der Waals surface area contributed by atoms with Gasteiger partial charge in [-0.25, -0.2) is 4.98 Å². The van der Waals surface area contributed by atoms with E-state index in [1.807, 2.05) is 12.1 Å². The van der Waals surface area contributed by atoms with Crippen LogP contribution in [0.2, 0.25) is 0 Å². The van der Waals surface area contributed by atoms with Crippen LogP contribution in [-0.4, -0.2) is 46.0 Å². The van der Waals surface area contributed by atoms with Gasteiger partial charge in [-0.1, -0.05) is 6.07 Å². The zero-order chi connectivity index (χ0) is 20.7. The van der Waals surface area contributed by atoms with Crippen molar-refractivity contribution in [2.75, 3.05) is 24.5 Å². The molecule has 3 heterocycles. The van der Waals surface area contributed by atoms with Crippen LogP contribution in [0.25, 0.3) is 21.7 Å². The van der Waals surface area contributed by atoms with E-state index in [1.54, 1.807) is 25.1 Å². The van der Waals surface area contributed by atoms with Crippen molar-refractivity contribution >= 4 is 17.2 Å². The minimum absolute atomic E-state index is 0.0468. The highest BCUT2D eigenvalue weighted by Gasteiger charge is 2.27. The minimum Gasteiger partial charge on any atom is -0.507 e. The van der Waals surface area contributed by atoms with E-state index in [9.17, 15) is 9.50 Å². The Morgan fingerprint density at radius 2 is 2.07 bits per heavy atom. The van der Waals surface area contributed by atoms with E-state index in [0.717, 1.165) is 37.8 Å². The molecule has 1 aliphatic heterocycles. The van der Waals surface area contributed by atoms with Crippen LogP contribution in [0.15, 0.2) is 30.3 Å². The van der Waals surface area contributed by atoms with Crippen molar-refractivity contribution < 1.29 is 9.50 Å². The maximum Gasteiger partial charge on any atom is 0.231 e. The lowest BCUT2D eigenvalue weighted by Gasteiger charge is -2.17. The number of benzene rings is 1. The van der Waals surface area contributed by atoms with Crippen molar-refractivity contribution in [1.29, 1.82) is 0 Å². The number of phenolic OH excluding ortho intramolecular Hbond substituents is 1. The largest absolute Gasteiger partial charge is 0.507 e. The first kappa shape index (κ1) is 19.4. The number of hydrogen-bond donors (Lipinski definition) is 2. The molecule has 1 saturated carbocycles. The number of aryl methyl sites for hydroxylation is 1. The molecule has 0 amide bonds. The first-order chi connectivity index (χ1) is 14.6. The molecule has 30 heavy (non-hydrogen) atoms. The number of thiazole rings is 1. The van der Waals surface area contributed by atoms with Crippen LogP contribution in [0.3, 0.4) is 0 Å². The SMILES string of the molecule is Cc1nc(F)c(-c2ccc(-c3ccc(N4CCC(NCC5CC5)C4)nn3)c(O)c2)s1. The van der Waals surface area contributed by atoms with Crippen LogP contribution >= 0.6 is 11.3 Å². The fourth-order valence-corrected chi connectivity index (χ4v) is 4.69. The molecule has 6 nitrogen and oxygen atoms in total. The van der Waals surface area contributed by atoms with E-state index in [0.29, 0.717) is 32.7 Å². The van der Waals surface area contributed by atoms with Crippen molar-refractivity contribution in [3.05, 3.63) is 41.3 Å². The Hall–Kier alpha value is -2.58. The summed E-state index contributed by atoms with van der Waals surface area (Å²) in [6, 6.07) is 9.41. The highest BCUT2D eigenvalue weighted by atomic mass is 32.1. The molecule has 0 bridgehead atoms. The van der Waals surface area contributed by atoms with Gasteiger partial charge in [0.15, 0.2) is 5.82 Å². The molecule has 1 aliphatic carbocycles. The maximum absolute atomic E-state index is 13.9. The highest BCUT2D eigenvalue weighted by molar-refractivity contribution is 7.15. The molecule has 156 valence electrons. The van der Waals surface area contributed by atoms with Crippen molar-refractivity contribution in [2.24, 2.45) is 5.92 Å². The van der Waals surface area contributed by atoms with Gasteiger partial charge >= 0.3 is 0 Å². The van der Waals surface area contributed by atoms with Gasteiger partial charge in [0.1, 0.15) is 5.75 Å². The Morgan fingerprint density at radius 3 is 2.73 bits per heavy atom. The molecule has 1 aromatic carbocycles. The van der Waals surface area contributed by atoms with Gasteiger partial charge in [0.25, 0.3) is 0 Å². The molecule has 1 unspecified atom stereocenters. The predicted molar refractivity (Wildman–Crippen MR) is 116 cm³/mol. The normalized spacial score (nSPS) is 18.9. The van der Waals surface area contributed by atoms with Crippen LogP contribution in [0.4, 0.5) is 10.2 Å². The van der Waals surface area contributed by atoms with E-state index in [1.165, 1.54) is 24.2 Å². The summed E-state index contributed by atoms with van der Waals surface area (Å²) in [4.78, 5) is 6.49. The number of hydrogen-bond acceptors (Lipinski definition) is 7. The Labute approximate surface area is 178 Å². The molecule has 5 rings (SSSR count). The lowest BCUT2D eigenvalue weighted by molar-refractivity contribution is 0.477. The van der Waals surface area contributed by atoms with Gasteiger partial charge in [0, 0.05) is 30.3 Å². The Balaban J connectivity index is 1.29. The molecule has 8 heteroatoms. The van der Waals surface area contributed by atoms with Gasteiger partial charge in [-0.2, -0.15) is 4.39 Å². The third-order valence-corrected chi connectivity index (χ3v) is 6.78. The lowest BCUT2D eigenvalue weighted by atomic mass is 10.1. The van der Waals surface area contributed by atoms with E-state index in [2.05, 4.69) is 25.4 Å². The number of aromatic hydroxyl groups is 1. The fraction of sp³-hybridized carbons (Fsp3) is 0.409. The summed E-state index contributed by atoms with van der Waals surface area (Å²) in [7, 11) is 0. The maximum atomic E-state index is 13.9.